The standard InChI is InChI=1S/C23H28N4O6/c1-27(2)13-5-11(7-24)19(29)17-12(13)4-9-3-10-6-14(28)18(23(33)26-8-25)22(32)16(10)20(30)15(9)21(17)31/h5,9-10,16,29,31-32H,3-4,6-8,24-25H2,1-2H3,(H,26,33). The molecule has 4 rings (SSSR count). The van der Waals surface area contributed by atoms with Crippen LogP contribution in [0.4, 0.5) is 5.69 Å². The molecule has 3 unspecified atom stereocenters. The molecule has 176 valence electrons. The first kappa shape index (κ1) is 22.8. The summed E-state index contributed by atoms with van der Waals surface area (Å²) in [6.07, 6.45) is 0.668. The highest BCUT2D eigenvalue weighted by Crippen LogP contribution is 2.52. The number of carbonyl (C=O) groups is 3. The van der Waals surface area contributed by atoms with Crippen LogP contribution in [0.3, 0.4) is 0 Å². The average Bonchev–Trinajstić information content (AvgIpc) is 2.73. The van der Waals surface area contributed by atoms with Crippen molar-refractivity contribution in [2.24, 2.45) is 29.2 Å². The molecule has 0 saturated heterocycles. The van der Waals surface area contributed by atoms with Gasteiger partial charge in [-0.05, 0) is 36.3 Å². The van der Waals surface area contributed by atoms with E-state index < -0.39 is 46.6 Å². The Labute approximate surface area is 190 Å². The van der Waals surface area contributed by atoms with Gasteiger partial charge >= 0.3 is 0 Å². The highest BCUT2D eigenvalue weighted by molar-refractivity contribution is 6.22. The van der Waals surface area contributed by atoms with Crippen LogP contribution in [-0.2, 0) is 27.3 Å². The van der Waals surface area contributed by atoms with E-state index in [-0.39, 0.29) is 42.3 Å². The summed E-state index contributed by atoms with van der Waals surface area (Å²) in [5.41, 5.74) is 12.8. The third kappa shape index (κ3) is 3.37. The molecule has 0 aromatic heterocycles. The zero-order valence-electron chi connectivity index (χ0n) is 18.5. The van der Waals surface area contributed by atoms with Gasteiger partial charge in [0.2, 0.25) is 0 Å². The van der Waals surface area contributed by atoms with Gasteiger partial charge in [0, 0.05) is 43.9 Å². The van der Waals surface area contributed by atoms with Gasteiger partial charge < -0.3 is 37.0 Å². The number of aromatic hydroxyl groups is 1. The van der Waals surface area contributed by atoms with Crippen molar-refractivity contribution in [1.82, 2.24) is 5.32 Å². The van der Waals surface area contributed by atoms with Crippen molar-refractivity contribution < 1.29 is 29.7 Å². The normalized spacial score (nSPS) is 24.3. The van der Waals surface area contributed by atoms with Crippen molar-refractivity contribution in [2.75, 3.05) is 25.7 Å². The van der Waals surface area contributed by atoms with Crippen molar-refractivity contribution in [3.63, 3.8) is 0 Å². The van der Waals surface area contributed by atoms with Gasteiger partial charge in [0.1, 0.15) is 22.8 Å². The van der Waals surface area contributed by atoms with Crippen molar-refractivity contribution in [1.29, 1.82) is 0 Å². The van der Waals surface area contributed by atoms with E-state index in [2.05, 4.69) is 5.32 Å². The lowest BCUT2D eigenvalue weighted by atomic mass is 9.61. The second kappa shape index (κ2) is 8.20. The van der Waals surface area contributed by atoms with E-state index in [1.54, 1.807) is 6.07 Å². The molecule has 1 saturated carbocycles. The third-order valence-electron chi connectivity index (χ3n) is 6.89. The van der Waals surface area contributed by atoms with Gasteiger partial charge in [-0.2, -0.15) is 0 Å². The Balaban J connectivity index is 1.88. The van der Waals surface area contributed by atoms with Crippen molar-refractivity contribution in [2.45, 2.75) is 25.8 Å². The zero-order valence-corrected chi connectivity index (χ0v) is 18.5. The molecule has 1 fully saturated rings. The molecule has 3 aliphatic rings. The molecule has 0 spiro atoms. The number of aliphatic hydroxyl groups is 2. The van der Waals surface area contributed by atoms with E-state index in [4.69, 9.17) is 11.5 Å². The molecular formula is C23H28N4O6. The molecule has 10 nitrogen and oxygen atoms in total. The maximum atomic E-state index is 13.5. The Morgan fingerprint density at radius 3 is 2.48 bits per heavy atom. The fourth-order valence-electron chi connectivity index (χ4n) is 5.46. The predicted octanol–water partition coefficient (Wildman–Crippen LogP) is 0.381. The molecule has 0 aliphatic heterocycles. The number of phenolic OH excluding ortho intramolecular Hbond substituents is 1. The summed E-state index contributed by atoms with van der Waals surface area (Å²) >= 11 is 0. The first-order valence-electron chi connectivity index (χ1n) is 10.8. The minimum Gasteiger partial charge on any atom is -0.511 e. The molecule has 1 aromatic carbocycles. The monoisotopic (exact) mass is 456 g/mol. The molecule has 8 N–H and O–H groups in total. The van der Waals surface area contributed by atoms with Gasteiger partial charge in [-0.1, -0.05) is 0 Å². The molecule has 3 aliphatic carbocycles. The molecule has 3 atom stereocenters. The average molecular weight is 456 g/mol. The van der Waals surface area contributed by atoms with E-state index in [0.29, 0.717) is 24.0 Å². The number of anilines is 1. The van der Waals surface area contributed by atoms with Crippen molar-refractivity contribution in [3.05, 3.63) is 39.7 Å². The van der Waals surface area contributed by atoms with Gasteiger partial charge in [-0.25, -0.2) is 0 Å². The van der Waals surface area contributed by atoms with Gasteiger partial charge in [0.15, 0.2) is 11.6 Å². The molecule has 33 heavy (non-hydrogen) atoms. The van der Waals surface area contributed by atoms with E-state index in [9.17, 15) is 29.7 Å². The number of phenols is 1. The van der Waals surface area contributed by atoms with Crippen LogP contribution in [0.5, 0.6) is 5.75 Å². The second-order valence-corrected chi connectivity index (χ2v) is 8.95. The summed E-state index contributed by atoms with van der Waals surface area (Å²) in [5.74, 6) is -5.06. The van der Waals surface area contributed by atoms with Crippen LogP contribution in [-0.4, -0.2) is 53.6 Å². The van der Waals surface area contributed by atoms with Crippen molar-refractivity contribution >= 4 is 28.9 Å². The van der Waals surface area contributed by atoms with E-state index in [1.165, 1.54) is 0 Å². The third-order valence-corrected chi connectivity index (χ3v) is 6.89. The highest BCUT2D eigenvalue weighted by atomic mass is 16.3. The molecule has 0 heterocycles. The number of fused-ring (bicyclic) bond motifs is 3. The fourth-order valence-corrected chi connectivity index (χ4v) is 5.46. The Morgan fingerprint density at radius 1 is 1.18 bits per heavy atom. The van der Waals surface area contributed by atoms with Gasteiger partial charge in [0.25, 0.3) is 5.91 Å². The van der Waals surface area contributed by atoms with Gasteiger partial charge in [-0.15, -0.1) is 0 Å². The summed E-state index contributed by atoms with van der Waals surface area (Å²) in [6.45, 7) is -0.192. The van der Waals surface area contributed by atoms with Crippen LogP contribution >= 0.6 is 0 Å². The first-order valence-corrected chi connectivity index (χ1v) is 10.8. The number of ketones is 2. The predicted molar refractivity (Wildman–Crippen MR) is 120 cm³/mol. The fraction of sp³-hybridized carbons (Fsp3) is 0.435. The number of nitrogens with two attached hydrogens (primary N) is 2. The lowest BCUT2D eigenvalue weighted by Gasteiger charge is -2.41. The van der Waals surface area contributed by atoms with Crippen LogP contribution < -0.4 is 21.7 Å². The van der Waals surface area contributed by atoms with E-state index >= 15 is 0 Å². The zero-order chi connectivity index (χ0) is 24.2. The number of amides is 1. The SMILES string of the molecule is CN(C)c1cc(CN)c(O)c2c1CC1CC3CC(=O)C(C(=O)NCN)=C(O)C3C(=O)C1=C2O. The molecule has 1 aromatic rings. The molecule has 0 radical (unpaired) electrons. The molecule has 10 heteroatoms. The number of carbonyl (C=O) groups excluding carboxylic acids is 3. The Bertz CT molecular complexity index is 1140. The van der Waals surface area contributed by atoms with Gasteiger partial charge in [0.05, 0.1) is 18.2 Å². The largest absolute Gasteiger partial charge is 0.511 e. The van der Waals surface area contributed by atoms with Crippen LogP contribution in [0.1, 0.15) is 29.5 Å². The summed E-state index contributed by atoms with van der Waals surface area (Å²) in [4.78, 5) is 40.3. The maximum absolute atomic E-state index is 13.5. The highest BCUT2D eigenvalue weighted by Gasteiger charge is 2.51. The Hall–Kier alpha value is -3.37. The summed E-state index contributed by atoms with van der Waals surface area (Å²) in [5, 5.41) is 35.1. The minimum atomic E-state index is -1.12. The number of Topliss-reactive ketones (excluding diaryl/α,β-unsaturated/α-hetero) is 2. The Morgan fingerprint density at radius 2 is 1.88 bits per heavy atom. The lowest BCUT2D eigenvalue weighted by Crippen LogP contribution is -2.45. The minimum absolute atomic E-state index is 0.0376. The van der Waals surface area contributed by atoms with E-state index in [0.717, 1.165) is 5.69 Å². The van der Waals surface area contributed by atoms with Crippen molar-refractivity contribution in [3.8, 4) is 5.75 Å². The smallest absolute Gasteiger partial charge is 0.259 e. The van der Waals surface area contributed by atoms with Crippen LogP contribution in [0.15, 0.2) is 23.0 Å². The molecular weight excluding hydrogens is 428 g/mol. The number of hydrogen-bond acceptors (Lipinski definition) is 9. The summed E-state index contributed by atoms with van der Waals surface area (Å²) in [7, 11) is 3.67. The maximum Gasteiger partial charge on any atom is 0.259 e. The van der Waals surface area contributed by atoms with Crippen LogP contribution in [0.2, 0.25) is 0 Å². The second-order valence-electron chi connectivity index (χ2n) is 8.95. The van der Waals surface area contributed by atoms with Crippen LogP contribution in [0.25, 0.3) is 5.76 Å². The number of nitrogens with zero attached hydrogens (tertiary/aromatic N) is 1. The quantitative estimate of drug-likeness (QED) is 0.276. The number of hydrogen-bond donors (Lipinski definition) is 6. The Kier molecular flexibility index (Phi) is 5.67. The topological polar surface area (TPSA) is 179 Å². The number of benzene rings is 1. The number of rotatable bonds is 4. The summed E-state index contributed by atoms with van der Waals surface area (Å²) < 4.78 is 0. The van der Waals surface area contributed by atoms with E-state index in [1.807, 2.05) is 19.0 Å². The van der Waals surface area contributed by atoms with Gasteiger partial charge in [-0.3, -0.25) is 14.4 Å². The van der Waals surface area contributed by atoms with Crippen LogP contribution in [0, 0.1) is 17.8 Å². The first-order chi connectivity index (χ1) is 15.6. The molecule has 1 amide bonds. The number of allylic oxidation sites excluding steroid dienone is 2. The molecule has 0 bridgehead atoms. The number of aliphatic hydroxyl groups excluding tert-OH is 2. The number of nitrogens with one attached hydrogen (secondary N) is 1. The summed E-state index contributed by atoms with van der Waals surface area (Å²) in [6, 6.07) is 1.76. The lowest BCUT2D eigenvalue weighted by molar-refractivity contribution is -0.128.